The van der Waals surface area contributed by atoms with Gasteiger partial charge in [-0.25, -0.2) is 0 Å². The van der Waals surface area contributed by atoms with E-state index in [0.29, 0.717) is 6.42 Å². The molecule has 0 N–H and O–H groups in total. The summed E-state index contributed by atoms with van der Waals surface area (Å²) >= 11 is 0. The summed E-state index contributed by atoms with van der Waals surface area (Å²) in [7, 11) is 2.09. The van der Waals surface area contributed by atoms with Gasteiger partial charge in [0.2, 0.25) is 5.91 Å². The van der Waals surface area contributed by atoms with Crippen LogP contribution >= 0.6 is 0 Å². The standard InChI is InChI=1S/C26H23N5O/c1-29-17-31(21-9-7-20(8-10-21)30-13-3-5-25(30)32)26-22-14-18(19-4-2-12-27-15-19)6-11-23(22)28-16-24(26)29/h2,4,6-12,14-16H,3,5,13,17H2,1H3. The van der Waals surface area contributed by atoms with E-state index in [4.69, 9.17) is 4.98 Å². The van der Waals surface area contributed by atoms with E-state index in [2.05, 4.69) is 70.4 Å². The molecule has 0 atom stereocenters. The molecule has 0 unspecified atom stereocenters. The number of hydrogen-bond donors (Lipinski definition) is 0. The molecule has 2 aromatic heterocycles. The summed E-state index contributed by atoms with van der Waals surface area (Å²) in [4.78, 5) is 27.5. The molecule has 0 spiro atoms. The fourth-order valence-electron chi connectivity index (χ4n) is 4.75. The number of nitrogens with zero attached hydrogens (tertiary/aromatic N) is 5. The third-order valence-electron chi connectivity index (χ3n) is 6.40. The van der Waals surface area contributed by atoms with Gasteiger partial charge in [0.25, 0.3) is 0 Å². The van der Waals surface area contributed by atoms with E-state index in [0.717, 1.165) is 64.4 Å². The van der Waals surface area contributed by atoms with Gasteiger partial charge in [0.1, 0.15) is 0 Å². The van der Waals surface area contributed by atoms with Crippen molar-refractivity contribution >= 4 is 39.6 Å². The van der Waals surface area contributed by atoms with Crippen molar-refractivity contribution in [1.82, 2.24) is 9.97 Å². The van der Waals surface area contributed by atoms with Gasteiger partial charge in [0.15, 0.2) is 0 Å². The predicted octanol–water partition coefficient (Wildman–Crippen LogP) is 4.97. The molecule has 2 aromatic carbocycles. The molecule has 6 rings (SSSR count). The molecular weight excluding hydrogens is 398 g/mol. The summed E-state index contributed by atoms with van der Waals surface area (Å²) < 4.78 is 0. The number of aromatic nitrogens is 2. The summed E-state index contributed by atoms with van der Waals surface area (Å²) in [6.45, 7) is 1.55. The first-order chi connectivity index (χ1) is 15.7. The van der Waals surface area contributed by atoms with Crippen LogP contribution < -0.4 is 14.7 Å². The zero-order valence-electron chi connectivity index (χ0n) is 17.9. The lowest BCUT2D eigenvalue weighted by atomic mass is 10.0. The van der Waals surface area contributed by atoms with E-state index in [9.17, 15) is 4.79 Å². The van der Waals surface area contributed by atoms with Crippen LogP contribution in [0.15, 0.2) is 73.2 Å². The lowest BCUT2D eigenvalue weighted by Crippen LogP contribution is -2.25. The SMILES string of the molecule is CN1CN(c2ccc(N3CCCC3=O)cc2)c2c1cnc1ccc(-c3cccnc3)cc21. The van der Waals surface area contributed by atoms with Crippen molar-refractivity contribution in [2.24, 2.45) is 0 Å². The molecule has 0 radical (unpaired) electrons. The summed E-state index contributed by atoms with van der Waals surface area (Å²) in [6.07, 6.45) is 7.21. The molecule has 2 aliphatic rings. The Balaban J connectivity index is 1.44. The first-order valence-corrected chi connectivity index (χ1v) is 10.9. The fraction of sp³-hybridized carbons (Fsp3) is 0.192. The highest BCUT2D eigenvalue weighted by Gasteiger charge is 2.28. The first kappa shape index (κ1) is 18.8. The predicted molar refractivity (Wildman–Crippen MR) is 128 cm³/mol. The summed E-state index contributed by atoms with van der Waals surface area (Å²) in [5, 5.41) is 1.12. The number of carbonyl (C=O) groups is 1. The number of fused-ring (bicyclic) bond motifs is 3. The molecule has 2 aliphatic heterocycles. The van der Waals surface area contributed by atoms with Crippen LogP contribution in [0.5, 0.6) is 0 Å². The minimum Gasteiger partial charge on any atom is -0.354 e. The molecule has 1 amide bonds. The number of pyridine rings is 2. The normalized spacial score (nSPS) is 15.7. The van der Waals surface area contributed by atoms with Crippen molar-refractivity contribution in [2.75, 3.05) is 35.0 Å². The number of hydrogen-bond acceptors (Lipinski definition) is 5. The zero-order chi connectivity index (χ0) is 21.7. The Bertz CT molecular complexity index is 1320. The molecule has 0 saturated carbocycles. The zero-order valence-corrected chi connectivity index (χ0v) is 17.9. The van der Waals surface area contributed by atoms with Crippen LogP contribution in [0.25, 0.3) is 22.0 Å². The van der Waals surface area contributed by atoms with Crippen LogP contribution in [0, 0.1) is 0 Å². The summed E-state index contributed by atoms with van der Waals surface area (Å²) in [6, 6.07) is 18.8. The Morgan fingerprint density at radius 1 is 0.906 bits per heavy atom. The Hall–Kier alpha value is -3.93. The van der Waals surface area contributed by atoms with Gasteiger partial charge >= 0.3 is 0 Å². The van der Waals surface area contributed by atoms with Gasteiger partial charge < -0.3 is 14.7 Å². The summed E-state index contributed by atoms with van der Waals surface area (Å²) in [5.41, 5.74) is 7.53. The second-order valence-electron chi connectivity index (χ2n) is 8.40. The van der Waals surface area contributed by atoms with Crippen molar-refractivity contribution in [3.05, 3.63) is 73.2 Å². The van der Waals surface area contributed by atoms with E-state index in [1.54, 1.807) is 6.20 Å². The van der Waals surface area contributed by atoms with Crippen LogP contribution in [0.4, 0.5) is 22.7 Å². The summed E-state index contributed by atoms with van der Waals surface area (Å²) in [5.74, 6) is 0.212. The molecule has 6 heteroatoms. The number of amides is 1. The Kier molecular flexibility index (Phi) is 4.31. The molecule has 6 nitrogen and oxygen atoms in total. The molecule has 32 heavy (non-hydrogen) atoms. The number of benzene rings is 2. The van der Waals surface area contributed by atoms with Crippen molar-refractivity contribution in [3.8, 4) is 11.1 Å². The third kappa shape index (κ3) is 2.99. The maximum atomic E-state index is 12.1. The molecule has 1 saturated heterocycles. The van der Waals surface area contributed by atoms with Gasteiger partial charge in [-0.3, -0.25) is 14.8 Å². The van der Waals surface area contributed by atoms with Crippen molar-refractivity contribution in [1.29, 1.82) is 0 Å². The van der Waals surface area contributed by atoms with E-state index < -0.39 is 0 Å². The maximum absolute atomic E-state index is 12.1. The monoisotopic (exact) mass is 421 g/mol. The highest BCUT2D eigenvalue weighted by Crippen LogP contribution is 2.45. The average Bonchev–Trinajstić information content (AvgIpc) is 3.42. The second kappa shape index (κ2) is 7.34. The van der Waals surface area contributed by atoms with Gasteiger partial charge in [0, 0.05) is 54.7 Å². The van der Waals surface area contributed by atoms with Gasteiger partial charge in [-0.1, -0.05) is 12.1 Å². The Morgan fingerprint density at radius 2 is 1.72 bits per heavy atom. The quantitative estimate of drug-likeness (QED) is 0.468. The molecule has 158 valence electrons. The molecule has 1 fully saturated rings. The number of carbonyl (C=O) groups excluding carboxylic acids is 1. The second-order valence-corrected chi connectivity index (χ2v) is 8.40. The molecule has 0 aliphatic carbocycles. The Labute approximate surface area is 186 Å². The maximum Gasteiger partial charge on any atom is 0.227 e. The fourth-order valence-corrected chi connectivity index (χ4v) is 4.75. The van der Waals surface area contributed by atoms with Crippen LogP contribution in [0.3, 0.4) is 0 Å². The minimum atomic E-state index is 0.212. The van der Waals surface area contributed by atoms with E-state index >= 15 is 0 Å². The van der Waals surface area contributed by atoms with Crippen molar-refractivity contribution in [3.63, 3.8) is 0 Å². The topological polar surface area (TPSA) is 52.6 Å². The van der Waals surface area contributed by atoms with Gasteiger partial charge in [-0.15, -0.1) is 0 Å². The molecular formula is C26H23N5O. The smallest absolute Gasteiger partial charge is 0.227 e. The first-order valence-electron chi connectivity index (χ1n) is 10.9. The van der Waals surface area contributed by atoms with Crippen LogP contribution in [0.2, 0.25) is 0 Å². The highest BCUT2D eigenvalue weighted by molar-refractivity contribution is 6.04. The lowest BCUT2D eigenvalue weighted by molar-refractivity contribution is -0.117. The van der Waals surface area contributed by atoms with Crippen molar-refractivity contribution < 1.29 is 4.79 Å². The van der Waals surface area contributed by atoms with Gasteiger partial charge in [-0.05, 0) is 54.4 Å². The van der Waals surface area contributed by atoms with Crippen LogP contribution in [0.1, 0.15) is 12.8 Å². The lowest BCUT2D eigenvalue weighted by Gasteiger charge is -2.22. The molecule has 4 aromatic rings. The molecule has 4 heterocycles. The Morgan fingerprint density at radius 3 is 2.44 bits per heavy atom. The highest BCUT2D eigenvalue weighted by atomic mass is 16.2. The van der Waals surface area contributed by atoms with Gasteiger partial charge in [0.05, 0.1) is 29.8 Å². The van der Waals surface area contributed by atoms with E-state index in [1.165, 1.54) is 0 Å². The molecule has 0 bridgehead atoms. The van der Waals surface area contributed by atoms with E-state index in [-0.39, 0.29) is 5.91 Å². The van der Waals surface area contributed by atoms with Crippen LogP contribution in [-0.4, -0.2) is 36.1 Å². The number of rotatable bonds is 3. The number of anilines is 4. The van der Waals surface area contributed by atoms with Crippen LogP contribution in [-0.2, 0) is 4.79 Å². The van der Waals surface area contributed by atoms with E-state index in [1.807, 2.05) is 23.4 Å². The van der Waals surface area contributed by atoms with Crippen molar-refractivity contribution in [2.45, 2.75) is 12.8 Å². The third-order valence-corrected chi connectivity index (χ3v) is 6.40. The van der Waals surface area contributed by atoms with Gasteiger partial charge in [-0.2, -0.15) is 0 Å². The average molecular weight is 422 g/mol. The largest absolute Gasteiger partial charge is 0.354 e. The minimum absolute atomic E-state index is 0.212.